The lowest BCUT2D eigenvalue weighted by Gasteiger charge is -2.18. The van der Waals surface area contributed by atoms with E-state index in [1.165, 1.54) is 0 Å². The van der Waals surface area contributed by atoms with Crippen LogP contribution in [0.15, 0.2) is 18.2 Å². The molecule has 17 heavy (non-hydrogen) atoms. The number of nitrogen functional groups attached to an aromatic ring is 1. The molecule has 0 radical (unpaired) electrons. The van der Waals surface area contributed by atoms with Crippen molar-refractivity contribution in [3.63, 3.8) is 0 Å². The van der Waals surface area contributed by atoms with Crippen molar-refractivity contribution in [3.8, 4) is 5.75 Å². The van der Waals surface area contributed by atoms with Crippen molar-refractivity contribution in [2.45, 2.75) is 26.2 Å². The van der Waals surface area contributed by atoms with Gasteiger partial charge in [0, 0.05) is 13.6 Å². The maximum Gasteiger partial charge on any atom is 0.257 e. The van der Waals surface area contributed by atoms with Gasteiger partial charge in [0.2, 0.25) is 0 Å². The van der Waals surface area contributed by atoms with Crippen molar-refractivity contribution in [1.82, 2.24) is 4.90 Å². The fourth-order valence-electron chi connectivity index (χ4n) is 1.64. The third-order valence-electron chi connectivity index (χ3n) is 2.74. The molecule has 4 nitrogen and oxygen atoms in total. The van der Waals surface area contributed by atoms with E-state index in [9.17, 15) is 9.90 Å². The number of nitrogens with two attached hydrogens (primary N) is 1. The lowest BCUT2D eigenvalue weighted by Crippen LogP contribution is -2.27. The molecule has 0 aromatic heterocycles. The smallest absolute Gasteiger partial charge is 0.257 e. The number of anilines is 1. The first kappa shape index (κ1) is 13.4. The van der Waals surface area contributed by atoms with E-state index in [1.807, 2.05) is 0 Å². The van der Waals surface area contributed by atoms with Crippen LogP contribution in [0.3, 0.4) is 0 Å². The molecule has 0 saturated heterocycles. The van der Waals surface area contributed by atoms with Crippen molar-refractivity contribution < 1.29 is 9.90 Å². The van der Waals surface area contributed by atoms with Gasteiger partial charge in [-0.1, -0.05) is 25.8 Å². The maximum absolute atomic E-state index is 12.0. The summed E-state index contributed by atoms with van der Waals surface area (Å²) in [6.07, 6.45) is 3.19. The Morgan fingerprint density at radius 2 is 2.12 bits per heavy atom. The number of amides is 1. The molecule has 0 bridgehead atoms. The van der Waals surface area contributed by atoms with Crippen LogP contribution in [0, 0.1) is 0 Å². The number of carbonyl (C=O) groups is 1. The molecule has 0 atom stereocenters. The first-order valence-corrected chi connectivity index (χ1v) is 5.90. The fraction of sp³-hybridized carbons (Fsp3) is 0.462. The van der Waals surface area contributed by atoms with E-state index in [1.54, 1.807) is 30.1 Å². The van der Waals surface area contributed by atoms with Crippen LogP contribution < -0.4 is 5.73 Å². The van der Waals surface area contributed by atoms with Crippen LogP contribution in [0.4, 0.5) is 5.69 Å². The van der Waals surface area contributed by atoms with Gasteiger partial charge in [-0.3, -0.25) is 4.79 Å². The number of rotatable bonds is 5. The highest BCUT2D eigenvalue weighted by molar-refractivity contribution is 5.98. The molecular formula is C13H20N2O2. The van der Waals surface area contributed by atoms with Gasteiger partial charge in [0.05, 0.1) is 11.3 Å². The normalized spacial score (nSPS) is 10.2. The minimum Gasteiger partial charge on any atom is -0.505 e. The highest BCUT2D eigenvalue weighted by Gasteiger charge is 2.16. The summed E-state index contributed by atoms with van der Waals surface area (Å²) >= 11 is 0. The molecule has 0 heterocycles. The quantitative estimate of drug-likeness (QED) is 0.468. The van der Waals surface area contributed by atoms with Crippen LogP contribution in [0.5, 0.6) is 5.75 Å². The van der Waals surface area contributed by atoms with Gasteiger partial charge in [-0.2, -0.15) is 0 Å². The highest BCUT2D eigenvalue weighted by Crippen LogP contribution is 2.25. The molecular weight excluding hydrogens is 216 g/mol. The first-order chi connectivity index (χ1) is 8.07. The zero-order valence-corrected chi connectivity index (χ0v) is 10.4. The molecule has 4 heteroatoms. The molecule has 0 fully saturated rings. The fourth-order valence-corrected chi connectivity index (χ4v) is 1.64. The predicted octanol–water partition coefficient (Wildman–Crippen LogP) is 2.24. The van der Waals surface area contributed by atoms with E-state index < -0.39 is 0 Å². The number of para-hydroxylation sites is 1. The molecule has 0 unspecified atom stereocenters. The second kappa shape index (κ2) is 6.13. The third kappa shape index (κ3) is 3.37. The lowest BCUT2D eigenvalue weighted by molar-refractivity contribution is 0.0790. The molecule has 0 aliphatic rings. The van der Waals surface area contributed by atoms with Crippen LogP contribution in [-0.4, -0.2) is 29.5 Å². The Labute approximate surface area is 102 Å². The van der Waals surface area contributed by atoms with Crippen molar-refractivity contribution in [3.05, 3.63) is 23.8 Å². The minimum absolute atomic E-state index is 0.125. The Kier molecular flexibility index (Phi) is 4.82. The summed E-state index contributed by atoms with van der Waals surface area (Å²) in [5, 5.41) is 9.72. The molecule has 1 amide bonds. The highest BCUT2D eigenvalue weighted by atomic mass is 16.3. The minimum atomic E-state index is -0.189. The van der Waals surface area contributed by atoms with Gasteiger partial charge in [-0.15, -0.1) is 0 Å². The Morgan fingerprint density at radius 3 is 2.76 bits per heavy atom. The maximum atomic E-state index is 12.0. The molecule has 0 spiro atoms. The summed E-state index contributed by atoms with van der Waals surface area (Å²) in [6, 6.07) is 4.83. The topological polar surface area (TPSA) is 66.6 Å². The van der Waals surface area contributed by atoms with Gasteiger partial charge in [0.15, 0.2) is 5.75 Å². The van der Waals surface area contributed by atoms with Crippen molar-refractivity contribution in [1.29, 1.82) is 0 Å². The van der Waals surface area contributed by atoms with E-state index in [-0.39, 0.29) is 22.9 Å². The summed E-state index contributed by atoms with van der Waals surface area (Å²) in [4.78, 5) is 13.6. The van der Waals surface area contributed by atoms with Crippen LogP contribution in [0.2, 0.25) is 0 Å². The lowest BCUT2D eigenvalue weighted by atomic mass is 10.1. The van der Waals surface area contributed by atoms with E-state index in [0.29, 0.717) is 6.54 Å². The summed E-state index contributed by atoms with van der Waals surface area (Å²) in [7, 11) is 1.74. The molecule has 1 aromatic rings. The zero-order chi connectivity index (χ0) is 12.8. The van der Waals surface area contributed by atoms with Crippen molar-refractivity contribution in [2.75, 3.05) is 19.3 Å². The van der Waals surface area contributed by atoms with Gasteiger partial charge >= 0.3 is 0 Å². The summed E-state index contributed by atoms with van der Waals surface area (Å²) in [5.74, 6) is -0.314. The van der Waals surface area contributed by atoms with E-state index in [4.69, 9.17) is 5.73 Å². The Bertz CT molecular complexity index is 391. The number of phenolic OH excluding ortho intramolecular Hbond substituents is 1. The Balaban J connectivity index is 2.71. The number of hydrogen-bond acceptors (Lipinski definition) is 3. The molecule has 0 aliphatic carbocycles. The van der Waals surface area contributed by atoms with Crippen LogP contribution in [-0.2, 0) is 0 Å². The Morgan fingerprint density at radius 1 is 1.41 bits per heavy atom. The summed E-state index contributed by atoms with van der Waals surface area (Å²) < 4.78 is 0. The van der Waals surface area contributed by atoms with E-state index >= 15 is 0 Å². The largest absolute Gasteiger partial charge is 0.505 e. The van der Waals surface area contributed by atoms with Crippen LogP contribution >= 0.6 is 0 Å². The number of carbonyl (C=O) groups excluding carboxylic acids is 1. The number of nitrogens with zero attached hydrogens (tertiary/aromatic N) is 1. The third-order valence-corrected chi connectivity index (χ3v) is 2.74. The average Bonchev–Trinajstić information content (AvgIpc) is 2.32. The van der Waals surface area contributed by atoms with Gasteiger partial charge < -0.3 is 15.7 Å². The van der Waals surface area contributed by atoms with Crippen molar-refractivity contribution >= 4 is 11.6 Å². The number of benzene rings is 1. The van der Waals surface area contributed by atoms with E-state index in [0.717, 1.165) is 19.3 Å². The monoisotopic (exact) mass is 236 g/mol. The predicted molar refractivity (Wildman–Crippen MR) is 69.0 cm³/mol. The second-order valence-electron chi connectivity index (χ2n) is 4.18. The standard InChI is InChI=1S/C13H20N2O2/c1-3-4-5-9-15(2)13(17)10-7-6-8-11(14)12(10)16/h6-8,16H,3-5,9,14H2,1-2H3. The Hall–Kier alpha value is -1.71. The molecule has 1 aromatic carbocycles. The van der Waals surface area contributed by atoms with Gasteiger partial charge in [0.25, 0.3) is 5.91 Å². The number of phenols is 1. The molecule has 0 saturated carbocycles. The molecule has 0 aliphatic heterocycles. The number of unbranched alkanes of at least 4 members (excludes halogenated alkanes) is 2. The first-order valence-electron chi connectivity index (χ1n) is 5.90. The van der Waals surface area contributed by atoms with Gasteiger partial charge in [-0.05, 0) is 18.6 Å². The van der Waals surface area contributed by atoms with Crippen LogP contribution in [0.1, 0.15) is 36.5 Å². The van der Waals surface area contributed by atoms with Crippen LogP contribution in [0.25, 0.3) is 0 Å². The molecule has 1 rings (SSSR count). The molecule has 94 valence electrons. The molecule has 3 N–H and O–H groups in total. The SMILES string of the molecule is CCCCCN(C)C(=O)c1cccc(N)c1O. The zero-order valence-electron chi connectivity index (χ0n) is 10.4. The summed E-state index contributed by atoms with van der Waals surface area (Å²) in [6.45, 7) is 2.81. The number of aromatic hydroxyl groups is 1. The van der Waals surface area contributed by atoms with E-state index in [2.05, 4.69) is 6.92 Å². The summed E-state index contributed by atoms with van der Waals surface area (Å²) in [5.41, 5.74) is 6.06. The van der Waals surface area contributed by atoms with Gasteiger partial charge in [0.1, 0.15) is 0 Å². The van der Waals surface area contributed by atoms with Gasteiger partial charge in [-0.25, -0.2) is 0 Å². The average molecular weight is 236 g/mol. The van der Waals surface area contributed by atoms with Crippen molar-refractivity contribution in [2.24, 2.45) is 0 Å². The number of hydrogen-bond donors (Lipinski definition) is 2. The second-order valence-corrected chi connectivity index (χ2v) is 4.18.